The van der Waals surface area contributed by atoms with Gasteiger partial charge in [0.25, 0.3) is 11.6 Å². The fourth-order valence-electron chi connectivity index (χ4n) is 1.76. The molecule has 1 amide bonds. The highest BCUT2D eigenvalue weighted by molar-refractivity contribution is 9.10. The van der Waals surface area contributed by atoms with Gasteiger partial charge in [0, 0.05) is 23.2 Å². The van der Waals surface area contributed by atoms with Crippen molar-refractivity contribution in [3.8, 4) is 5.75 Å². The summed E-state index contributed by atoms with van der Waals surface area (Å²) in [6, 6.07) is 6.89. The molecular formula is C14H9BrFN2O4-. The summed E-state index contributed by atoms with van der Waals surface area (Å²) < 4.78 is 13.5. The second-order valence-corrected chi connectivity index (χ2v) is 5.21. The van der Waals surface area contributed by atoms with Gasteiger partial charge in [0.1, 0.15) is 5.82 Å². The Hall–Kier alpha value is -2.48. The summed E-state index contributed by atoms with van der Waals surface area (Å²) in [5.41, 5.74) is -0.0938. The van der Waals surface area contributed by atoms with Gasteiger partial charge in [0.2, 0.25) is 0 Å². The van der Waals surface area contributed by atoms with E-state index in [1.807, 2.05) is 0 Å². The molecule has 0 unspecified atom stereocenters. The molecule has 114 valence electrons. The zero-order valence-electron chi connectivity index (χ0n) is 11.0. The summed E-state index contributed by atoms with van der Waals surface area (Å²) in [6.45, 7) is -0.192. The van der Waals surface area contributed by atoms with Crippen molar-refractivity contribution in [2.75, 3.05) is 0 Å². The topological polar surface area (TPSA) is 95.3 Å². The molecular weight excluding hydrogens is 359 g/mol. The lowest BCUT2D eigenvalue weighted by molar-refractivity contribution is -0.385. The number of benzene rings is 2. The number of carbonyl (C=O) groups excluding carboxylic acids is 1. The van der Waals surface area contributed by atoms with Crippen LogP contribution in [0, 0.1) is 15.9 Å². The molecule has 0 aliphatic rings. The van der Waals surface area contributed by atoms with E-state index in [1.165, 1.54) is 12.1 Å². The van der Waals surface area contributed by atoms with Crippen molar-refractivity contribution >= 4 is 27.5 Å². The lowest BCUT2D eigenvalue weighted by Gasteiger charge is -2.14. The van der Waals surface area contributed by atoms with E-state index in [2.05, 4.69) is 21.2 Å². The van der Waals surface area contributed by atoms with E-state index >= 15 is 0 Å². The second kappa shape index (κ2) is 6.52. The SMILES string of the molecule is O=C(NCc1cc([N+](=O)[O-])ccc1[O-])c1cc(F)ccc1Br. The first-order valence-corrected chi connectivity index (χ1v) is 6.85. The van der Waals surface area contributed by atoms with Crippen LogP contribution in [-0.4, -0.2) is 10.8 Å². The molecule has 2 aromatic carbocycles. The molecule has 2 aromatic rings. The number of amides is 1. The standard InChI is InChI=1S/C14H10BrFN2O4/c15-12-3-1-9(16)6-11(12)14(20)17-7-8-5-10(18(21)22)2-4-13(8)19/h1-6,19H,7H2,(H,17,20)/p-1. The normalized spacial score (nSPS) is 10.3. The van der Waals surface area contributed by atoms with Crippen molar-refractivity contribution in [2.45, 2.75) is 6.54 Å². The number of halogens is 2. The molecule has 0 radical (unpaired) electrons. The molecule has 0 heterocycles. The lowest BCUT2D eigenvalue weighted by atomic mass is 10.1. The minimum atomic E-state index is -0.631. The first-order chi connectivity index (χ1) is 10.4. The van der Waals surface area contributed by atoms with Crippen LogP contribution in [0.5, 0.6) is 5.75 Å². The van der Waals surface area contributed by atoms with Crippen molar-refractivity contribution in [1.82, 2.24) is 5.32 Å². The predicted octanol–water partition coefficient (Wildman–Crippen LogP) is 2.50. The summed E-state index contributed by atoms with van der Waals surface area (Å²) in [4.78, 5) is 22.0. The number of nitro benzene ring substituents is 1. The maximum absolute atomic E-state index is 13.2. The molecule has 1 N–H and O–H groups in total. The second-order valence-electron chi connectivity index (χ2n) is 4.36. The van der Waals surface area contributed by atoms with Gasteiger partial charge in [-0.2, -0.15) is 0 Å². The predicted molar refractivity (Wildman–Crippen MR) is 77.8 cm³/mol. The monoisotopic (exact) mass is 367 g/mol. The Balaban J connectivity index is 2.16. The molecule has 22 heavy (non-hydrogen) atoms. The van der Waals surface area contributed by atoms with Crippen LogP contribution < -0.4 is 10.4 Å². The zero-order chi connectivity index (χ0) is 16.3. The number of non-ortho nitro benzene ring substituents is 1. The molecule has 0 saturated carbocycles. The molecule has 2 rings (SSSR count). The fraction of sp³-hybridized carbons (Fsp3) is 0.0714. The number of carbonyl (C=O) groups is 1. The Morgan fingerprint density at radius 3 is 2.68 bits per heavy atom. The van der Waals surface area contributed by atoms with E-state index < -0.39 is 22.4 Å². The third-order valence-electron chi connectivity index (χ3n) is 2.87. The molecule has 0 spiro atoms. The summed E-state index contributed by atoms with van der Waals surface area (Å²) in [5.74, 6) is -1.60. The first kappa shape index (κ1) is 15.9. The van der Waals surface area contributed by atoms with Crippen LogP contribution in [0.25, 0.3) is 0 Å². The average molecular weight is 368 g/mol. The zero-order valence-corrected chi connectivity index (χ0v) is 12.6. The van der Waals surface area contributed by atoms with E-state index in [-0.39, 0.29) is 23.4 Å². The Bertz CT molecular complexity index is 752. The van der Waals surface area contributed by atoms with Crippen molar-refractivity contribution in [3.05, 3.63) is 67.9 Å². The van der Waals surface area contributed by atoms with Gasteiger partial charge in [-0.25, -0.2) is 4.39 Å². The van der Waals surface area contributed by atoms with Crippen molar-refractivity contribution < 1.29 is 19.2 Å². The highest BCUT2D eigenvalue weighted by atomic mass is 79.9. The highest BCUT2D eigenvalue weighted by Gasteiger charge is 2.12. The molecule has 0 aromatic heterocycles. The number of nitrogens with one attached hydrogen (secondary N) is 1. The molecule has 0 bridgehead atoms. The Morgan fingerprint density at radius 2 is 2.00 bits per heavy atom. The molecule has 0 saturated heterocycles. The van der Waals surface area contributed by atoms with Crippen molar-refractivity contribution in [3.63, 3.8) is 0 Å². The largest absolute Gasteiger partial charge is 0.872 e. The number of hydrogen-bond acceptors (Lipinski definition) is 4. The lowest BCUT2D eigenvalue weighted by Crippen LogP contribution is -2.24. The molecule has 0 atom stereocenters. The summed E-state index contributed by atoms with van der Waals surface area (Å²) in [5, 5.41) is 24.7. The van der Waals surface area contributed by atoms with Crippen molar-refractivity contribution in [2.24, 2.45) is 0 Å². The van der Waals surface area contributed by atoms with Crippen LogP contribution in [0.3, 0.4) is 0 Å². The van der Waals surface area contributed by atoms with Crippen LogP contribution in [0.2, 0.25) is 0 Å². The number of hydrogen-bond donors (Lipinski definition) is 1. The molecule has 0 fully saturated rings. The molecule has 8 heteroatoms. The molecule has 0 aliphatic heterocycles. The maximum Gasteiger partial charge on any atom is 0.269 e. The Morgan fingerprint density at radius 1 is 1.27 bits per heavy atom. The van der Waals surface area contributed by atoms with E-state index in [1.54, 1.807) is 0 Å². The summed E-state index contributed by atoms with van der Waals surface area (Å²) in [6.07, 6.45) is 0. The third kappa shape index (κ3) is 3.59. The smallest absolute Gasteiger partial charge is 0.269 e. The van der Waals surface area contributed by atoms with Gasteiger partial charge >= 0.3 is 0 Å². The minimum Gasteiger partial charge on any atom is -0.872 e. The number of nitro groups is 1. The average Bonchev–Trinajstić information content (AvgIpc) is 2.48. The van der Waals surface area contributed by atoms with Gasteiger partial charge in [-0.1, -0.05) is 6.07 Å². The molecule has 6 nitrogen and oxygen atoms in total. The third-order valence-corrected chi connectivity index (χ3v) is 3.56. The van der Waals surface area contributed by atoms with Crippen LogP contribution >= 0.6 is 15.9 Å². The van der Waals surface area contributed by atoms with Gasteiger partial charge in [0.05, 0.1) is 10.5 Å². The van der Waals surface area contributed by atoms with E-state index in [0.717, 1.165) is 24.3 Å². The summed E-state index contributed by atoms with van der Waals surface area (Å²) >= 11 is 3.12. The minimum absolute atomic E-state index is 0.0675. The Labute approximate surface area is 132 Å². The quantitative estimate of drug-likeness (QED) is 0.663. The number of nitrogens with zero attached hydrogens (tertiary/aromatic N) is 1. The van der Waals surface area contributed by atoms with E-state index in [4.69, 9.17) is 0 Å². The van der Waals surface area contributed by atoms with Gasteiger partial charge in [0.15, 0.2) is 0 Å². The highest BCUT2D eigenvalue weighted by Crippen LogP contribution is 2.21. The van der Waals surface area contributed by atoms with Gasteiger partial charge in [-0.15, -0.1) is 5.75 Å². The van der Waals surface area contributed by atoms with Gasteiger partial charge < -0.3 is 10.4 Å². The Kier molecular flexibility index (Phi) is 4.71. The maximum atomic E-state index is 13.2. The van der Waals surface area contributed by atoms with E-state index in [9.17, 15) is 24.4 Å². The van der Waals surface area contributed by atoms with Gasteiger partial charge in [-0.05, 0) is 39.7 Å². The van der Waals surface area contributed by atoms with Gasteiger partial charge in [-0.3, -0.25) is 14.9 Å². The van der Waals surface area contributed by atoms with Crippen LogP contribution in [-0.2, 0) is 6.54 Å². The first-order valence-electron chi connectivity index (χ1n) is 6.06. The summed E-state index contributed by atoms with van der Waals surface area (Å²) in [7, 11) is 0. The number of rotatable bonds is 4. The van der Waals surface area contributed by atoms with Crippen LogP contribution in [0.15, 0.2) is 40.9 Å². The van der Waals surface area contributed by atoms with Crippen LogP contribution in [0.1, 0.15) is 15.9 Å². The molecule has 0 aliphatic carbocycles. The van der Waals surface area contributed by atoms with E-state index in [0.29, 0.717) is 4.47 Å². The van der Waals surface area contributed by atoms with Crippen molar-refractivity contribution in [1.29, 1.82) is 0 Å². The fourth-order valence-corrected chi connectivity index (χ4v) is 2.19. The van der Waals surface area contributed by atoms with Crippen LogP contribution in [0.4, 0.5) is 10.1 Å².